The summed E-state index contributed by atoms with van der Waals surface area (Å²) in [6.45, 7) is 1.97. The van der Waals surface area contributed by atoms with Crippen LogP contribution in [0.15, 0.2) is 97.1 Å². The number of nitrogens with zero attached hydrogens (tertiary/aromatic N) is 2. The molecule has 0 unspecified atom stereocenters. The Kier molecular flexibility index (Phi) is 3.78. The SMILES string of the molecule is Cc1ccc2c(c1)N(c1c(F)cccc1F)c1cccc3c1B2c1cccc2c4ccccc4n-3c12. The summed E-state index contributed by atoms with van der Waals surface area (Å²) in [5.41, 5.74) is 9.32. The van der Waals surface area contributed by atoms with Crippen molar-refractivity contribution in [3.05, 3.63) is 114 Å². The van der Waals surface area contributed by atoms with Gasteiger partial charge in [0.25, 0.3) is 6.71 Å². The third kappa shape index (κ3) is 2.35. The molecule has 0 bridgehead atoms. The van der Waals surface area contributed by atoms with E-state index in [9.17, 15) is 0 Å². The molecule has 3 heterocycles. The minimum Gasteiger partial charge on any atom is -0.310 e. The van der Waals surface area contributed by atoms with Crippen molar-refractivity contribution in [1.82, 2.24) is 4.57 Å². The number of hydrogen-bond donors (Lipinski definition) is 0. The molecule has 0 saturated heterocycles. The molecular formula is C31H19BF2N2. The fourth-order valence-electron chi connectivity index (χ4n) is 6.40. The van der Waals surface area contributed by atoms with E-state index in [1.807, 2.05) is 25.1 Å². The number of halogens is 2. The molecule has 5 aromatic carbocycles. The second-order valence-corrected chi connectivity index (χ2v) is 9.71. The van der Waals surface area contributed by atoms with E-state index in [2.05, 4.69) is 65.2 Å². The summed E-state index contributed by atoms with van der Waals surface area (Å²) in [4.78, 5) is 1.78. The highest BCUT2D eigenvalue weighted by Crippen LogP contribution is 2.42. The number of para-hydroxylation sites is 3. The number of aromatic nitrogens is 1. The van der Waals surface area contributed by atoms with Crippen LogP contribution in [0.1, 0.15) is 5.56 Å². The molecule has 1 aromatic heterocycles. The fourth-order valence-corrected chi connectivity index (χ4v) is 6.40. The molecule has 2 aliphatic rings. The molecule has 5 heteroatoms. The average Bonchev–Trinajstić information content (AvgIpc) is 3.23. The average molecular weight is 468 g/mol. The maximum Gasteiger partial charge on any atom is 0.252 e. The molecule has 0 spiro atoms. The van der Waals surface area contributed by atoms with Crippen LogP contribution < -0.4 is 21.3 Å². The van der Waals surface area contributed by atoms with E-state index in [4.69, 9.17) is 0 Å². The van der Waals surface area contributed by atoms with E-state index in [0.29, 0.717) is 0 Å². The predicted molar refractivity (Wildman–Crippen MR) is 145 cm³/mol. The van der Waals surface area contributed by atoms with E-state index in [0.717, 1.165) is 39.1 Å². The summed E-state index contributed by atoms with van der Waals surface area (Å²) in [6.07, 6.45) is 0. The van der Waals surface area contributed by atoms with Crippen LogP contribution in [-0.2, 0) is 0 Å². The molecule has 2 nitrogen and oxygen atoms in total. The Morgan fingerprint density at radius 2 is 1.36 bits per heavy atom. The van der Waals surface area contributed by atoms with Gasteiger partial charge in [-0.1, -0.05) is 60.7 Å². The summed E-state index contributed by atoms with van der Waals surface area (Å²) < 4.78 is 32.9. The third-order valence-corrected chi connectivity index (χ3v) is 7.77. The van der Waals surface area contributed by atoms with Gasteiger partial charge in [0.1, 0.15) is 17.3 Å². The number of benzene rings is 5. The standard InChI is InChI=1S/C31H19BF2N2/c1-18-15-16-21-28(17-18)36(31-23(33)10-5-11-24(31)34)27-14-6-13-26-29(27)32(21)22-9-4-8-20-19-7-2-3-12-25(19)35(26)30(20)22/h2-17H,1H3. The van der Waals surface area contributed by atoms with Gasteiger partial charge in [0.05, 0.1) is 5.52 Å². The third-order valence-electron chi connectivity index (χ3n) is 7.77. The number of hydrogen-bond acceptors (Lipinski definition) is 1. The summed E-state index contributed by atoms with van der Waals surface area (Å²) in [6, 6.07) is 31.4. The Bertz CT molecular complexity index is 1890. The van der Waals surface area contributed by atoms with Crippen LogP contribution in [0.5, 0.6) is 0 Å². The van der Waals surface area contributed by atoms with Crippen LogP contribution in [-0.4, -0.2) is 11.3 Å². The predicted octanol–water partition coefficient (Wildman–Crippen LogP) is 5.98. The molecule has 0 saturated carbocycles. The van der Waals surface area contributed by atoms with Gasteiger partial charge in [-0.25, -0.2) is 8.78 Å². The fraction of sp³-hybridized carbons (Fsp3) is 0.0323. The molecule has 0 atom stereocenters. The molecule has 0 radical (unpaired) electrons. The maximum absolute atomic E-state index is 15.3. The van der Waals surface area contributed by atoms with Crippen LogP contribution in [0.4, 0.5) is 25.8 Å². The monoisotopic (exact) mass is 468 g/mol. The highest BCUT2D eigenvalue weighted by molar-refractivity contribution is 7.00. The number of rotatable bonds is 1. The lowest BCUT2D eigenvalue weighted by Crippen LogP contribution is -2.60. The Labute approximate surface area is 207 Å². The molecule has 2 aliphatic heterocycles. The summed E-state index contributed by atoms with van der Waals surface area (Å²) >= 11 is 0. The summed E-state index contributed by atoms with van der Waals surface area (Å²) in [5.74, 6) is -1.16. The van der Waals surface area contributed by atoms with Gasteiger partial charge in [0.15, 0.2) is 0 Å². The van der Waals surface area contributed by atoms with Crippen molar-refractivity contribution >= 4 is 62.0 Å². The first-order chi connectivity index (χ1) is 17.6. The molecule has 36 heavy (non-hydrogen) atoms. The van der Waals surface area contributed by atoms with E-state index in [1.54, 1.807) is 4.90 Å². The first-order valence-electron chi connectivity index (χ1n) is 12.1. The number of fused-ring (bicyclic) bond motifs is 7. The van der Waals surface area contributed by atoms with Crippen LogP contribution >= 0.6 is 0 Å². The van der Waals surface area contributed by atoms with Gasteiger partial charge in [-0.05, 0) is 65.3 Å². The van der Waals surface area contributed by atoms with E-state index in [-0.39, 0.29) is 12.4 Å². The van der Waals surface area contributed by atoms with Crippen LogP contribution in [0.2, 0.25) is 0 Å². The highest BCUT2D eigenvalue weighted by Gasteiger charge is 2.42. The molecular weight excluding hydrogens is 449 g/mol. The highest BCUT2D eigenvalue weighted by atomic mass is 19.1. The molecule has 0 amide bonds. The van der Waals surface area contributed by atoms with Gasteiger partial charge >= 0.3 is 0 Å². The molecule has 170 valence electrons. The second-order valence-electron chi connectivity index (χ2n) is 9.71. The van der Waals surface area contributed by atoms with Gasteiger partial charge in [-0.3, -0.25) is 0 Å². The first kappa shape index (κ1) is 19.9. The van der Waals surface area contributed by atoms with Gasteiger partial charge in [-0.2, -0.15) is 0 Å². The Hall–Kier alpha value is -4.38. The quantitative estimate of drug-likeness (QED) is 0.269. The number of aryl methyl sites for hydroxylation is 1. The normalized spacial score (nSPS) is 13.3. The largest absolute Gasteiger partial charge is 0.310 e. The summed E-state index contributed by atoms with van der Waals surface area (Å²) in [5, 5.41) is 2.42. The minimum absolute atomic E-state index is 0.0432. The zero-order valence-corrected chi connectivity index (χ0v) is 19.5. The van der Waals surface area contributed by atoms with Crippen molar-refractivity contribution in [1.29, 1.82) is 0 Å². The Balaban J connectivity index is 1.58. The van der Waals surface area contributed by atoms with Crippen molar-refractivity contribution in [3.63, 3.8) is 0 Å². The molecule has 8 rings (SSSR count). The Morgan fingerprint density at radius 3 is 2.22 bits per heavy atom. The second kappa shape index (κ2) is 6.85. The molecule has 6 aromatic rings. The van der Waals surface area contributed by atoms with E-state index < -0.39 is 11.6 Å². The minimum atomic E-state index is -0.580. The van der Waals surface area contributed by atoms with E-state index >= 15 is 8.78 Å². The smallest absolute Gasteiger partial charge is 0.252 e. The zero-order valence-electron chi connectivity index (χ0n) is 19.5. The van der Waals surface area contributed by atoms with Crippen LogP contribution in [0.25, 0.3) is 27.5 Å². The van der Waals surface area contributed by atoms with Crippen LogP contribution in [0.3, 0.4) is 0 Å². The van der Waals surface area contributed by atoms with Gasteiger partial charge in [-0.15, -0.1) is 0 Å². The van der Waals surface area contributed by atoms with Crippen molar-refractivity contribution in [2.45, 2.75) is 6.92 Å². The van der Waals surface area contributed by atoms with Gasteiger partial charge in [0, 0.05) is 33.4 Å². The van der Waals surface area contributed by atoms with Crippen molar-refractivity contribution < 1.29 is 8.78 Å². The lowest BCUT2D eigenvalue weighted by molar-refractivity contribution is 0.586. The lowest BCUT2D eigenvalue weighted by atomic mass is 9.34. The van der Waals surface area contributed by atoms with Crippen molar-refractivity contribution in [3.8, 4) is 5.69 Å². The lowest BCUT2D eigenvalue weighted by Gasteiger charge is -2.40. The molecule has 0 N–H and O–H groups in total. The Morgan fingerprint density at radius 1 is 0.639 bits per heavy atom. The molecule has 0 fully saturated rings. The zero-order chi connectivity index (χ0) is 24.1. The first-order valence-corrected chi connectivity index (χ1v) is 12.1. The topological polar surface area (TPSA) is 8.17 Å². The maximum atomic E-state index is 15.3. The van der Waals surface area contributed by atoms with Gasteiger partial charge in [0.2, 0.25) is 0 Å². The summed E-state index contributed by atoms with van der Waals surface area (Å²) in [7, 11) is 0. The van der Waals surface area contributed by atoms with E-state index in [1.165, 1.54) is 40.0 Å². The number of anilines is 3. The van der Waals surface area contributed by atoms with Crippen LogP contribution in [0, 0.1) is 18.6 Å². The van der Waals surface area contributed by atoms with Gasteiger partial charge < -0.3 is 9.47 Å². The van der Waals surface area contributed by atoms with Crippen molar-refractivity contribution in [2.24, 2.45) is 0 Å². The molecule has 0 aliphatic carbocycles. The van der Waals surface area contributed by atoms with Crippen molar-refractivity contribution in [2.75, 3.05) is 4.90 Å².